The third-order valence-electron chi connectivity index (χ3n) is 25.1. The number of likely N-dealkylation sites (tertiary alicyclic amines) is 1. The van der Waals surface area contributed by atoms with Crippen LogP contribution in [0.1, 0.15) is 149 Å². The average Bonchev–Trinajstić information content (AvgIpc) is 1.73. The molecule has 12 aromatic rings. The molecule has 4 unspecified atom stereocenters. The van der Waals surface area contributed by atoms with Crippen molar-refractivity contribution < 1.29 is 0 Å². The molecule has 4 aliphatic heterocycles. The number of benzene rings is 4. The molecule has 8 aromatic heterocycles. The summed E-state index contributed by atoms with van der Waals surface area (Å²) in [6.07, 6.45) is 34.6. The Kier molecular flexibility index (Phi) is 25.2. The lowest BCUT2D eigenvalue weighted by molar-refractivity contribution is 0.102. The Labute approximate surface area is 696 Å². The zero-order valence-corrected chi connectivity index (χ0v) is 69.0. The van der Waals surface area contributed by atoms with Crippen molar-refractivity contribution in [3.05, 3.63) is 329 Å². The summed E-state index contributed by atoms with van der Waals surface area (Å²) in [5.74, 6) is 0.991. The molecule has 20 rings (SSSR count). The number of nitrogens with one attached hydrogen (secondary N) is 2. The first-order chi connectivity index (χ1) is 56.4. The predicted molar refractivity (Wildman–Crippen MR) is 457 cm³/mol. The maximum atomic E-state index is 6.33. The van der Waals surface area contributed by atoms with E-state index >= 15 is 0 Å². The number of aromatic amines is 2. The Morgan fingerprint density at radius 2 is 0.774 bits per heavy atom. The van der Waals surface area contributed by atoms with Crippen molar-refractivity contribution in [2.45, 2.75) is 114 Å². The van der Waals surface area contributed by atoms with E-state index in [-0.39, 0.29) is 18.1 Å². The summed E-state index contributed by atoms with van der Waals surface area (Å²) < 4.78 is 4.12. The first-order valence-corrected chi connectivity index (χ1v) is 42.8. The van der Waals surface area contributed by atoms with Crippen LogP contribution in [0, 0.1) is 5.92 Å². The molecule has 19 nitrogen and oxygen atoms in total. The molecule has 4 atom stereocenters. The number of imidazole rings is 4. The van der Waals surface area contributed by atoms with Gasteiger partial charge in [0.05, 0.1) is 77.6 Å². The summed E-state index contributed by atoms with van der Waals surface area (Å²) in [6, 6.07) is 43.5. The van der Waals surface area contributed by atoms with E-state index < -0.39 is 0 Å². The smallest absolute Gasteiger partial charge is 0.0947 e. The van der Waals surface area contributed by atoms with Gasteiger partial charge in [-0.15, -0.1) is 0 Å². The van der Waals surface area contributed by atoms with Gasteiger partial charge in [-0.25, -0.2) is 19.9 Å². The number of hydrogen-bond acceptors (Lipinski definition) is 15. The van der Waals surface area contributed by atoms with Crippen molar-refractivity contribution in [2.75, 3.05) is 98.2 Å². The molecule has 115 heavy (non-hydrogen) atoms. The summed E-state index contributed by atoms with van der Waals surface area (Å²) >= 11 is 25.3. The molecule has 2 N–H and O–H groups in total. The van der Waals surface area contributed by atoms with Crippen molar-refractivity contribution in [1.82, 2.24) is 93.3 Å². The number of fused-ring (bicyclic) bond motifs is 8. The molecule has 0 saturated carbocycles. The van der Waals surface area contributed by atoms with Gasteiger partial charge >= 0.3 is 0 Å². The largest absolute Gasteiger partial charge is 0.348 e. The van der Waals surface area contributed by atoms with Gasteiger partial charge in [-0.3, -0.25) is 49.3 Å². The highest BCUT2D eigenvalue weighted by Gasteiger charge is 2.38. The molecule has 8 aliphatic rings. The maximum absolute atomic E-state index is 6.33. The van der Waals surface area contributed by atoms with E-state index in [1.807, 2.05) is 85.8 Å². The molecule has 594 valence electrons. The van der Waals surface area contributed by atoms with Crippen LogP contribution in [-0.4, -0.2) is 191 Å². The minimum Gasteiger partial charge on any atom is -0.348 e. The van der Waals surface area contributed by atoms with Gasteiger partial charge < -0.3 is 24.0 Å². The molecule has 0 amide bonds. The number of aromatic nitrogens is 12. The Bertz CT molecular complexity index is 5210. The monoisotopic (exact) mass is 1610 g/mol. The second-order valence-corrected chi connectivity index (χ2v) is 34.0. The molecule has 0 spiro atoms. The van der Waals surface area contributed by atoms with E-state index in [1.54, 1.807) is 12.7 Å². The molecule has 4 fully saturated rings. The predicted octanol–water partition coefficient (Wildman–Crippen LogP) is 15.1. The van der Waals surface area contributed by atoms with Crippen molar-refractivity contribution in [3.8, 4) is 0 Å². The van der Waals surface area contributed by atoms with E-state index in [4.69, 9.17) is 66.3 Å². The van der Waals surface area contributed by atoms with Crippen LogP contribution in [0.15, 0.2) is 196 Å². The zero-order chi connectivity index (χ0) is 78.1. The summed E-state index contributed by atoms with van der Waals surface area (Å²) in [7, 11) is 4.09. The van der Waals surface area contributed by atoms with Crippen molar-refractivity contribution in [2.24, 2.45) is 20.0 Å². The summed E-state index contributed by atoms with van der Waals surface area (Å²) in [5.41, 5.74) is 26.3. The van der Waals surface area contributed by atoms with Gasteiger partial charge in [-0.05, 0) is 223 Å². The van der Waals surface area contributed by atoms with Gasteiger partial charge in [0.15, 0.2) is 0 Å². The summed E-state index contributed by atoms with van der Waals surface area (Å²) in [5, 5.41) is 3.31. The van der Waals surface area contributed by atoms with Gasteiger partial charge in [-0.1, -0.05) is 94.9 Å². The number of piperidine rings is 1. The van der Waals surface area contributed by atoms with E-state index in [0.29, 0.717) is 11.8 Å². The minimum atomic E-state index is 0.206. The number of piperazine rings is 3. The van der Waals surface area contributed by atoms with Crippen molar-refractivity contribution >= 4 is 46.4 Å². The molecule has 4 saturated heterocycles. The maximum Gasteiger partial charge on any atom is 0.0947 e. The molecule has 4 aromatic carbocycles. The fourth-order valence-electron chi connectivity index (χ4n) is 19.1. The third kappa shape index (κ3) is 18.6. The SMILES string of the molecule is Clc1ccc2c(c1)CCc1cccnc1C2C1CCN(Cc2cnc[nH]2)CC1.Clc1ccc2c(c1)CCc1cccnc1C2N1CCN(CCc2cnc[nH]2)CC1.Cn1cnc(CN2CCN(C3c4ccc(Cl)cc4CCc4cccnc43)CC2)c1.Cn1cncc1CN1CCN(C2c3ccc(Cl)cc3CCc3cccnc32)CC1. The van der Waals surface area contributed by atoms with E-state index in [0.717, 1.165) is 201 Å². The van der Waals surface area contributed by atoms with Crippen LogP contribution >= 0.6 is 46.4 Å². The van der Waals surface area contributed by atoms with E-state index in [2.05, 4.69) is 185 Å². The van der Waals surface area contributed by atoms with Gasteiger partial charge in [0.2, 0.25) is 0 Å². The lowest BCUT2D eigenvalue weighted by atomic mass is 9.76. The fourth-order valence-corrected chi connectivity index (χ4v) is 19.9. The lowest BCUT2D eigenvalue weighted by Gasteiger charge is -2.39. The average molecular weight is 1620 g/mol. The molecular formula is C92H103Cl4N19. The lowest BCUT2D eigenvalue weighted by Crippen LogP contribution is -2.48. The first kappa shape index (κ1) is 78.7. The number of nitrogens with zero attached hydrogens (tertiary/aromatic N) is 17. The Morgan fingerprint density at radius 3 is 1.20 bits per heavy atom. The van der Waals surface area contributed by atoms with Gasteiger partial charge in [0.1, 0.15) is 0 Å². The summed E-state index contributed by atoms with van der Waals surface area (Å²) in [4.78, 5) is 60.7. The quantitative estimate of drug-likeness (QED) is 0.112. The third-order valence-corrected chi connectivity index (χ3v) is 26.1. The molecular weight excluding hydrogens is 1510 g/mol. The Balaban J connectivity index is 0.000000111. The molecule has 0 bridgehead atoms. The fraction of sp³-hybridized carbons (Fsp3) is 0.391. The number of hydrogen-bond donors (Lipinski definition) is 2. The zero-order valence-electron chi connectivity index (χ0n) is 66.0. The van der Waals surface area contributed by atoms with Crippen LogP contribution in [0.3, 0.4) is 0 Å². The standard InChI is InChI=1S/3C23H26ClN5.C23H25ClN4/c1-27-16-25-14-20(27)15-28-9-11-29(12-10-28)23-21-7-6-19(24)13-18(21)5-4-17-3-2-8-26-22(17)23;1-27-14-20(26-16-27)15-28-9-11-29(12-10-28)23-21-7-6-19(24)13-18(21)5-4-17-3-2-8-25-22(17)23;24-19-5-6-21-18(14-19)4-3-17-2-1-8-26-22(17)23(21)29-12-10-28(11-13-29)9-7-20-15-25-16-27-20;24-19-5-6-21-18(12-19)4-3-17-2-1-9-26-23(17)22(21)16-7-10-28(11-8-16)14-20-13-25-15-27-20/h2*2-3,6-8,13-14,16,23H,4-5,9-12,15H2,1H3;1-2,5-6,8,14-16,23H,3-4,7,9-13H2,(H,25,27);1-2,5-6,9,12-13,15-16,22H,3-4,7-8,10-11,14H2,(H,25,27). The van der Waals surface area contributed by atoms with Crippen molar-refractivity contribution in [3.63, 3.8) is 0 Å². The second-order valence-electron chi connectivity index (χ2n) is 32.3. The van der Waals surface area contributed by atoms with Crippen LogP contribution < -0.4 is 0 Å². The second kappa shape index (κ2) is 36.8. The molecule has 23 heteroatoms. The number of halogens is 4. The number of aryl methyl sites for hydroxylation is 10. The highest BCUT2D eigenvalue weighted by atomic mass is 35.5. The molecule has 12 heterocycles. The van der Waals surface area contributed by atoms with Crippen molar-refractivity contribution in [1.29, 1.82) is 0 Å². The van der Waals surface area contributed by atoms with Crippen LogP contribution in [-0.2, 0) is 91.5 Å². The molecule has 4 aliphatic carbocycles. The van der Waals surface area contributed by atoms with Gasteiger partial charge in [0, 0.05) is 212 Å². The summed E-state index contributed by atoms with van der Waals surface area (Å²) in [6.45, 7) is 18.7. The van der Waals surface area contributed by atoms with Crippen LogP contribution in [0.2, 0.25) is 20.1 Å². The van der Waals surface area contributed by atoms with Gasteiger partial charge in [0.25, 0.3) is 0 Å². The van der Waals surface area contributed by atoms with Crippen LogP contribution in [0.5, 0.6) is 0 Å². The number of rotatable bonds is 13. The van der Waals surface area contributed by atoms with E-state index in [9.17, 15) is 0 Å². The van der Waals surface area contributed by atoms with E-state index in [1.165, 1.54) is 119 Å². The Hall–Kier alpha value is -8.80. The van der Waals surface area contributed by atoms with Gasteiger partial charge in [-0.2, -0.15) is 0 Å². The van der Waals surface area contributed by atoms with Crippen LogP contribution in [0.25, 0.3) is 0 Å². The first-order valence-electron chi connectivity index (χ1n) is 41.3. The molecule has 0 radical (unpaired) electrons. The topological polar surface area (TPSA) is 167 Å². The number of H-pyrrole nitrogens is 2. The Morgan fingerprint density at radius 1 is 0.374 bits per heavy atom. The minimum absolute atomic E-state index is 0.206. The number of pyridine rings is 4. The normalized spacial score (nSPS) is 20.2. The highest BCUT2D eigenvalue weighted by Crippen LogP contribution is 2.45. The highest BCUT2D eigenvalue weighted by molar-refractivity contribution is 6.31. The van der Waals surface area contributed by atoms with Crippen LogP contribution in [0.4, 0.5) is 0 Å².